The van der Waals surface area contributed by atoms with Gasteiger partial charge in [-0.3, -0.25) is 4.79 Å². The van der Waals surface area contributed by atoms with Crippen molar-refractivity contribution >= 4 is 23.4 Å². The summed E-state index contributed by atoms with van der Waals surface area (Å²) in [7, 11) is 0. The highest BCUT2D eigenvalue weighted by atomic mass is 32.2. The van der Waals surface area contributed by atoms with Gasteiger partial charge >= 0.3 is 0 Å². The average molecular weight is 472 g/mol. The van der Waals surface area contributed by atoms with Crippen LogP contribution in [0.1, 0.15) is 28.6 Å². The second-order valence-electron chi connectivity index (χ2n) is 8.13. The monoisotopic (exact) mass is 471 g/mol. The zero-order valence-corrected chi connectivity index (χ0v) is 19.8. The Morgan fingerprint density at radius 3 is 2.50 bits per heavy atom. The number of fused-ring (bicyclic) bond motifs is 1. The van der Waals surface area contributed by atoms with Crippen molar-refractivity contribution in [1.82, 2.24) is 14.9 Å². The van der Waals surface area contributed by atoms with Gasteiger partial charge in [0.25, 0.3) is 0 Å². The largest absolute Gasteiger partial charge is 0.486 e. The number of aromatic nitrogens is 3. The van der Waals surface area contributed by atoms with Crippen LogP contribution >= 0.6 is 11.8 Å². The fourth-order valence-electron chi connectivity index (χ4n) is 3.86. The number of aryl methyl sites for hydroxylation is 1. The number of ether oxygens (including phenoxy) is 1. The lowest BCUT2D eigenvalue weighted by atomic mass is 10.0. The Morgan fingerprint density at radius 1 is 1.00 bits per heavy atom. The number of amides is 1. The third-order valence-corrected chi connectivity index (χ3v) is 7.11. The van der Waals surface area contributed by atoms with Gasteiger partial charge < -0.3 is 15.5 Å². The van der Waals surface area contributed by atoms with Crippen LogP contribution in [0.4, 0.5) is 5.69 Å². The third-order valence-electron chi connectivity index (χ3n) is 5.89. The highest BCUT2D eigenvalue weighted by molar-refractivity contribution is 8.00. The Morgan fingerprint density at radius 2 is 1.74 bits per heavy atom. The topological polar surface area (TPSA) is 81.1 Å². The number of nitrogens with one attached hydrogen (secondary N) is 2. The standard InChI is InChI=1S/C26H25N5O2S/c1-17-10-9-15-21(18(17)2)27-25(32)24-23(19-11-5-3-6-12-19)30-31-22(28-29-26(31)34-24)16-33-20-13-7-4-8-14-20/h3-15,23-24,30H,16H2,1-2H3,(H,27,32). The summed E-state index contributed by atoms with van der Waals surface area (Å²) in [5, 5.41) is 11.9. The molecule has 5 rings (SSSR count). The van der Waals surface area contributed by atoms with Gasteiger partial charge in [0.05, 0.1) is 6.04 Å². The molecule has 1 aliphatic rings. The van der Waals surface area contributed by atoms with Gasteiger partial charge in [0.2, 0.25) is 11.1 Å². The van der Waals surface area contributed by atoms with Gasteiger partial charge in [-0.2, -0.15) is 0 Å². The van der Waals surface area contributed by atoms with Crippen LogP contribution in [0.3, 0.4) is 0 Å². The fourth-order valence-corrected chi connectivity index (χ4v) is 4.96. The number of thioether (sulfide) groups is 1. The van der Waals surface area contributed by atoms with Crippen molar-refractivity contribution in [3.8, 4) is 5.75 Å². The molecule has 2 heterocycles. The van der Waals surface area contributed by atoms with Crippen molar-refractivity contribution in [2.24, 2.45) is 0 Å². The summed E-state index contributed by atoms with van der Waals surface area (Å²) in [6.07, 6.45) is 0. The first-order valence-corrected chi connectivity index (χ1v) is 12.0. The van der Waals surface area contributed by atoms with Crippen LogP contribution in [0.25, 0.3) is 0 Å². The van der Waals surface area contributed by atoms with Gasteiger partial charge in [-0.15, -0.1) is 10.2 Å². The smallest absolute Gasteiger partial charge is 0.240 e. The van der Waals surface area contributed by atoms with Gasteiger partial charge in [0.1, 0.15) is 17.6 Å². The van der Waals surface area contributed by atoms with Crippen LogP contribution in [0.2, 0.25) is 0 Å². The van der Waals surface area contributed by atoms with E-state index in [-0.39, 0.29) is 18.6 Å². The molecule has 7 nitrogen and oxygen atoms in total. The van der Waals surface area contributed by atoms with Crippen LogP contribution < -0.4 is 15.5 Å². The average Bonchev–Trinajstić information content (AvgIpc) is 3.28. The molecule has 0 saturated heterocycles. The minimum Gasteiger partial charge on any atom is -0.486 e. The highest BCUT2D eigenvalue weighted by Gasteiger charge is 2.38. The molecule has 2 unspecified atom stereocenters. The molecule has 4 aromatic rings. The van der Waals surface area contributed by atoms with Crippen molar-refractivity contribution in [2.75, 3.05) is 10.7 Å². The SMILES string of the molecule is Cc1cccc(NC(=O)C2Sc3nnc(COc4ccccc4)n3NC2c2ccccc2)c1C. The summed E-state index contributed by atoms with van der Waals surface area (Å²) >= 11 is 1.40. The van der Waals surface area contributed by atoms with E-state index in [1.54, 1.807) is 0 Å². The van der Waals surface area contributed by atoms with Gasteiger partial charge in [0, 0.05) is 5.69 Å². The van der Waals surface area contributed by atoms with E-state index in [4.69, 9.17) is 4.74 Å². The third kappa shape index (κ3) is 4.49. The minimum absolute atomic E-state index is 0.0867. The molecule has 172 valence electrons. The summed E-state index contributed by atoms with van der Waals surface area (Å²) < 4.78 is 7.71. The fraction of sp³-hybridized carbons (Fsp3) is 0.192. The predicted octanol–water partition coefficient (Wildman–Crippen LogP) is 4.87. The number of carbonyl (C=O) groups is 1. The van der Waals surface area contributed by atoms with Crippen molar-refractivity contribution in [2.45, 2.75) is 36.9 Å². The van der Waals surface area contributed by atoms with Gasteiger partial charge in [0.15, 0.2) is 5.82 Å². The van der Waals surface area contributed by atoms with E-state index in [9.17, 15) is 4.79 Å². The lowest BCUT2D eigenvalue weighted by molar-refractivity contribution is -0.116. The molecule has 0 fully saturated rings. The molecular formula is C26H25N5O2S. The van der Waals surface area contributed by atoms with E-state index in [0.29, 0.717) is 11.0 Å². The second kappa shape index (κ2) is 9.61. The van der Waals surface area contributed by atoms with Crippen molar-refractivity contribution in [3.05, 3.63) is 101 Å². The van der Waals surface area contributed by atoms with Crippen LogP contribution in [0.15, 0.2) is 84.0 Å². The number of carbonyl (C=O) groups excluding carboxylic acids is 1. The number of benzene rings is 3. The Labute approximate surface area is 202 Å². The summed E-state index contributed by atoms with van der Waals surface area (Å²) in [4.78, 5) is 13.5. The summed E-state index contributed by atoms with van der Waals surface area (Å²) in [5.74, 6) is 1.31. The van der Waals surface area contributed by atoms with Gasteiger partial charge in [-0.25, -0.2) is 4.68 Å². The van der Waals surface area contributed by atoms with Crippen LogP contribution in [0, 0.1) is 13.8 Å². The molecule has 2 N–H and O–H groups in total. The summed E-state index contributed by atoms with van der Waals surface area (Å²) in [6.45, 7) is 4.31. The van der Waals surface area contributed by atoms with Crippen molar-refractivity contribution in [3.63, 3.8) is 0 Å². The summed E-state index contributed by atoms with van der Waals surface area (Å²) in [5.41, 5.74) is 7.49. The molecule has 0 saturated carbocycles. The van der Waals surface area contributed by atoms with Crippen LogP contribution in [-0.4, -0.2) is 26.0 Å². The van der Waals surface area contributed by atoms with Gasteiger partial charge in [-0.05, 0) is 48.7 Å². The van der Waals surface area contributed by atoms with E-state index in [1.807, 2.05) is 97.4 Å². The maximum atomic E-state index is 13.5. The maximum absolute atomic E-state index is 13.5. The number of hydrogen-bond donors (Lipinski definition) is 2. The predicted molar refractivity (Wildman–Crippen MR) is 134 cm³/mol. The van der Waals surface area contributed by atoms with E-state index in [2.05, 4.69) is 20.9 Å². The zero-order valence-electron chi connectivity index (χ0n) is 18.9. The first-order chi connectivity index (χ1) is 16.6. The van der Waals surface area contributed by atoms with E-state index in [1.165, 1.54) is 11.8 Å². The molecule has 0 radical (unpaired) electrons. The Kier molecular flexibility index (Phi) is 6.22. The summed E-state index contributed by atoms with van der Waals surface area (Å²) in [6, 6.07) is 25.2. The molecule has 1 aromatic heterocycles. The lowest BCUT2D eigenvalue weighted by Gasteiger charge is -2.33. The first-order valence-electron chi connectivity index (χ1n) is 11.1. The highest BCUT2D eigenvalue weighted by Crippen LogP contribution is 2.38. The van der Waals surface area contributed by atoms with Crippen molar-refractivity contribution < 1.29 is 9.53 Å². The van der Waals surface area contributed by atoms with Crippen LogP contribution in [-0.2, 0) is 11.4 Å². The molecule has 0 spiro atoms. The Bertz CT molecular complexity index is 1290. The number of anilines is 1. The number of para-hydroxylation sites is 1. The van der Waals surface area contributed by atoms with E-state index in [0.717, 1.165) is 28.1 Å². The quantitative estimate of drug-likeness (QED) is 0.418. The molecule has 34 heavy (non-hydrogen) atoms. The van der Waals surface area contributed by atoms with E-state index >= 15 is 0 Å². The molecule has 1 aliphatic heterocycles. The molecular weight excluding hydrogens is 446 g/mol. The minimum atomic E-state index is -0.443. The molecule has 0 bridgehead atoms. The van der Waals surface area contributed by atoms with Crippen LogP contribution in [0.5, 0.6) is 5.75 Å². The van der Waals surface area contributed by atoms with E-state index < -0.39 is 5.25 Å². The Balaban J connectivity index is 1.42. The molecule has 2 atom stereocenters. The normalized spacial score (nSPS) is 16.9. The number of rotatable bonds is 6. The molecule has 8 heteroatoms. The maximum Gasteiger partial charge on any atom is 0.240 e. The molecule has 1 amide bonds. The molecule has 3 aromatic carbocycles. The van der Waals surface area contributed by atoms with Gasteiger partial charge in [-0.1, -0.05) is 72.4 Å². The number of hydrogen-bond acceptors (Lipinski definition) is 6. The Hall–Kier alpha value is -3.78. The second-order valence-corrected chi connectivity index (χ2v) is 9.24. The molecule has 0 aliphatic carbocycles. The zero-order chi connectivity index (χ0) is 23.5. The lowest BCUT2D eigenvalue weighted by Crippen LogP contribution is -2.41. The number of nitrogens with zero attached hydrogens (tertiary/aromatic N) is 3. The first kappa shape index (κ1) is 22.0. The van der Waals surface area contributed by atoms with Crippen molar-refractivity contribution in [1.29, 1.82) is 0 Å².